The van der Waals surface area contributed by atoms with Gasteiger partial charge < -0.3 is 18.9 Å². The molecule has 0 unspecified atom stereocenters. The Kier molecular flexibility index (Phi) is 7.23. The molecule has 0 aromatic heterocycles. The van der Waals surface area contributed by atoms with E-state index in [0.717, 1.165) is 19.3 Å². The first-order valence-electron chi connectivity index (χ1n) is 9.12. The van der Waals surface area contributed by atoms with Crippen molar-refractivity contribution in [2.45, 2.75) is 53.1 Å². The zero-order valence-electron chi connectivity index (χ0n) is 16.2. The highest BCUT2D eigenvalue weighted by Gasteiger charge is 2.51. The van der Waals surface area contributed by atoms with Gasteiger partial charge >= 0.3 is 5.97 Å². The predicted octanol–water partition coefficient (Wildman–Crippen LogP) is 3.64. The number of esters is 1. The Bertz CT molecular complexity index is 536. The Balaban J connectivity index is 2.14. The number of hydrogen-bond donors (Lipinski definition) is 0. The first-order valence-corrected chi connectivity index (χ1v) is 9.12. The van der Waals surface area contributed by atoms with Crippen LogP contribution < -0.4 is 0 Å². The summed E-state index contributed by atoms with van der Waals surface area (Å²) < 4.78 is 21.5. The van der Waals surface area contributed by atoms with Crippen LogP contribution in [-0.4, -0.2) is 45.8 Å². The van der Waals surface area contributed by atoms with Gasteiger partial charge in [0.15, 0.2) is 6.10 Å². The molecule has 1 fully saturated rings. The van der Waals surface area contributed by atoms with Gasteiger partial charge in [0.05, 0.1) is 19.8 Å². The molecule has 1 saturated carbocycles. The van der Waals surface area contributed by atoms with Crippen LogP contribution >= 0.6 is 0 Å². The Labute approximate surface area is 151 Å². The van der Waals surface area contributed by atoms with Gasteiger partial charge in [-0.1, -0.05) is 24.1 Å². The topological polar surface area (TPSA) is 54.0 Å². The predicted molar refractivity (Wildman–Crippen MR) is 96.1 cm³/mol. The summed E-state index contributed by atoms with van der Waals surface area (Å²) in [6.45, 7) is 10.1. The van der Waals surface area contributed by atoms with Crippen molar-refractivity contribution < 1.29 is 23.7 Å². The van der Waals surface area contributed by atoms with Crippen LogP contribution in [-0.2, 0) is 23.7 Å². The van der Waals surface area contributed by atoms with Crippen molar-refractivity contribution in [3.05, 3.63) is 22.8 Å². The summed E-state index contributed by atoms with van der Waals surface area (Å²) in [6.07, 6.45) is 4.75. The van der Waals surface area contributed by atoms with E-state index in [1.54, 1.807) is 7.11 Å². The molecule has 1 heterocycles. The highest BCUT2D eigenvalue weighted by molar-refractivity contribution is 5.76. The molecule has 25 heavy (non-hydrogen) atoms. The van der Waals surface area contributed by atoms with E-state index in [4.69, 9.17) is 18.9 Å². The van der Waals surface area contributed by atoms with E-state index in [0.29, 0.717) is 26.6 Å². The zero-order chi connectivity index (χ0) is 18.4. The maximum absolute atomic E-state index is 12.4. The summed E-state index contributed by atoms with van der Waals surface area (Å²) in [5.41, 5.74) is 3.85. The second-order valence-corrected chi connectivity index (χ2v) is 7.43. The number of methoxy groups -OCH3 is 1. The minimum absolute atomic E-state index is 0.00302. The SMILES string of the molecule is CCOC(=O)[C@H]1OCC(C)=C2CC[C@@](C)(C/C=C(\C)COCOC)[C@@H]21. The Morgan fingerprint density at radius 1 is 1.44 bits per heavy atom. The lowest BCUT2D eigenvalue weighted by molar-refractivity contribution is -0.162. The first kappa shape index (κ1) is 20.1. The van der Waals surface area contributed by atoms with Crippen LogP contribution in [0.15, 0.2) is 22.8 Å². The number of allylic oxidation sites excluding steroid dienone is 1. The summed E-state index contributed by atoms with van der Waals surface area (Å²) in [7, 11) is 1.62. The molecule has 3 atom stereocenters. The van der Waals surface area contributed by atoms with Gasteiger partial charge in [0, 0.05) is 13.0 Å². The standard InChI is InChI=1S/C20H32O5/c1-6-24-19(21)18-17-16(15(3)12-25-18)8-10-20(17,4)9-7-14(2)11-23-13-22-5/h7,17-18H,6,8-13H2,1-5H3/b14-7+/t17-,18-,20+/m0/s1. The van der Waals surface area contributed by atoms with Crippen molar-refractivity contribution in [1.29, 1.82) is 0 Å². The molecule has 0 saturated heterocycles. The quantitative estimate of drug-likeness (QED) is 0.289. The van der Waals surface area contributed by atoms with Crippen LogP contribution in [0, 0.1) is 11.3 Å². The molecule has 2 rings (SSSR count). The van der Waals surface area contributed by atoms with Gasteiger partial charge in [-0.25, -0.2) is 4.79 Å². The highest BCUT2D eigenvalue weighted by atomic mass is 16.7. The highest BCUT2D eigenvalue weighted by Crippen LogP contribution is 2.54. The van der Waals surface area contributed by atoms with Gasteiger partial charge in [-0.15, -0.1) is 0 Å². The molecule has 0 amide bonds. The van der Waals surface area contributed by atoms with Crippen LogP contribution in [0.2, 0.25) is 0 Å². The Hall–Kier alpha value is -1.17. The minimum Gasteiger partial charge on any atom is -0.464 e. The molecule has 5 nitrogen and oxygen atoms in total. The maximum atomic E-state index is 12.4. The van der Waals surface area contributed by atoms with E-state index in [9.17, 15) is 4.79 Å². The Morgan fingerprint density at radius 3 is 2.88 bits per heavy atom. The van der Waals surface area contributed by atoms with E-state index < -0.39 is 6.10 Å². The maximum Gasteiger partial charge on any atom is 0.335 e. The van der Waals surface area contributed by atoms with Crippen molar-refractivity contribution in [1.82, 2.24) is 0 Å². The summed E-state index contributed by atoms with van der Waals surface area (Å²) in [4.78, 5) is 12.4. The normalized spacial score (nSPS) is 29.7. The van der Waals surface area contributed by atoms with E-state index >= 15 is 0 Å². The fourth-order valence-electron chi connectivity index (χ4n) is 3.99. The molecule has 5 heteroatoms. The monoisotopic (exact) mass is 352 g/mol. The van der Waals surface area contributed by atoms with Crippen molar-refractivity contribution in [3.63, 3.8) is 0 Å². The number of hydrogen-bond acceptors (Lipinski definition) is 5. The fourth-order valence-corrected chi connectivity index (χ4v) is 3.99. The van der Waals surface area contributed by atoms with E-state index in [-0.39, 0.29) is 17.3 Å². The molecule has 0 spiro atoms. The molecular formula is C20H32O5. The third-order valence-electron chi connectivity index (χ3n) is 5.39. The van der Waals surface area contributed by atoms with Crippen molar-refractivity contribution in [2.75, 3.05) is 33.7 Å². The zero-order valence-corrected chi connectivity index (χ0v) is 16.2. The smallest absolute Gasteiger partial charge is 0.335 e. The average molecular weight is 352 g/mol. The van der Waals surface area contributed by atoms with Gasteiger partial charge in [-0.05, 0) is 51.0 Å². The van der Waals surface area contributed by atoms with Crippen LogP contribution in [0.5, 0.6) is 0 Å². The minimum atomic E-state index is -0.482. The first-order chi connectivity index (χ1) is 11.9. The van der Waals surface area contributed by atoms with Gasteiger partial charge in [0.1, 0.15) is 6.79 Å². The molecule has 0 N–H and O–H groups in total. The van der Waals surface area contributed by atoms with Crippen LogP contribution in [0.3, 0.4) is 0 Å². The molecule has 0 aromatic carbocycles. The van der Waals surface area contributed by atoms with E-state index in [1.165, 1.54) is 16.7 Å². The van der Waals surface area contributed by atoms with Gasteiger partial charge in [0.2, 0.25) is 0 Å². The molecule has 0 radical (unpaired) electrons. The van der Waals surface area contributed by atoms with E-state index in [2.05, 4.69) is 26.8 Å². The van der Waals surface area contributed by atoms with E-state index in [1.807, 2.05) is 6.92 Å². The van der Waals surface area contributed by atoms with Crippen LogP contribution in [0.1, 0.15) is 47.0 Å². The molecular weight excluding hydrogens is 320 g/mol. The second-order valence-electron chi connectivity index (χ2n) is 7.43. The molecule has 1 aliphatic heterocycles. The van der Waals surface area contributed by atoms with Crippen LogP contribution in [0.4, 0.5) is 0 Å². The lowest BCUT2D eigenvalue weighted by atomic mass is 9.71. The lowest BCUT2D eigenvalue weighted by Gasteiger charge is -2.39. The molecule has 0 bridgehead atoms. The average Bonchev–Trinajstić information content (AvgIpc) is 2.93. The number of fused-ring (bicyclic) bond motifs is 1. The Morgan fingerprint density at radius 2 is 2.20 bits per heavy atom. The number of carbonyl (C=O) groups is 1. The number of rotatable bonds is 8. The third kappa shape index (κ3) is 4.72. The summed E-state index contributed by atoms with van der Waals surface area (Å²) >= 11 is 0. The van der Waals surface area contributed by atoms with Gasteiger partial charge in [0.25, 0.3) is 0 Å². The molecule has 2 aliphatic rings. The molecule has 142 valence electrons. The summed E-state index contributed by atoms with van der Waals surface area (Å²) in [5, 5.41) is 0. The lowest BCUT2D eigenvalue weighted by Crippen LogP contribution is -2.43. The number of ether oxygens (including phenoxy) is 4. The van der Waals surface area contributed by atoms with Crippen molar-refractivity contribution in [2.24, 2.45) is 11.3 Å². The summed E-state index contributed by atoms with van der Waals surface area (Å²) in [6, 6.07) is 0. The molecule has 1 aliphatic carbocycles. The van der Waals surface area contributed by atoms with Crippen LogP contribution in [0.25, 0.3) is 0 Å². The fraction of sp³-hybridized carbons (Fsp3) is 0.750. The van der Waals surface area contributed by atoms with Crippen molar-refractivity contribution in [3.8, 4) is 0 Å². The van der Waals surface area contributed by atoms with Gasteiger partial charge in [-0.2, -0.15) is 0 Å². The largest absolute Gasteiger partial charge is 0.464 e. The third-order valence-corrected chi connectivity index (χ3v) is 5.39. The van der Waals surface area contributed by atoms with Gasteiger partial charge in [-0.3, -0.25) is 0 Å². The number of carbonyl (C=O) groups excluding carboxylic acids is 1. The second kappa shape index (κ2) is 8.97. The molecule has 0 aromatic rings. The van der Waals surface area contributed by atoms with Crippen molar-refractivity contribution >= 4 is 5.97 Å². The summed E-state index contributed by atoms with van der Waals surface area (Å²) in [5.74, 6) is -0.126.